The van der Waals surface area contributed by atoms with Crippen molar-refractivity contribution in [3.63, 3.8) is 0 Å². The molecule has 70 valence electrons. The predicted octanol–water partition coefficient (Wildman–Crippen LogP) is 0.501. The zero-order valence-corrected chi connectivity index (χ0v) is 7.61. The minimum absolute atomic E-state index is 0.132. The molecule has 0 amide bonds. The van der Waals surface area contributed by atoms with Crippen LogP contribution >= 0.6 is 0 Å². The number of esters is 1. The highest BCUT2D eigenvalue weighted by Crippen LogP contribution is 1.90. The summed E-state index contributed by atoms with van der Waals surface area (Å²) in [4.78, 5) is 12.5. The summed E-state index contributed by atoms with van der Waals surface area (Å²) in [5.41, 5.74) is 7.08. The van der Waals surface area contributed by atoms with Gasteiger partial charge in [-0.2, -0.15) is 4.79 Å². The lowest BCUT2D eigenvalue weighted by Crippen LogP contribution is -2.17. The van der Waals surface area contributed by atoms with E-state index >= 15 is 0 Å². The molecule has 0 heterocycles. The van der Waals surface area contributed by atoms with E-state index in [1.54, 1.807) is 14.0 Å². The molecule has 1 unspecified atom stereocenters. The summed E-state index contributed by atoms with van der Waals surface area (Å²) in [5, 5.41) is 0. The molecule has 5 heteroatoms. The molecule has 0 radical (unpaired) electrons. The van der Waals surface area contributed by atoms with Crippen molar-refractivity contribution in [3.8, 4) is 0 Å². The fourth-order valence-electron chi connectivity index (χ4n) is 0.552. The number of nitrogens with zero attached hydrogens (tertiary/aromatic N) is 2. The molecule has 1 atom stereocenters. The maximum atomic E-state index is 10.3. The van der Waals surface area contributed by atoms with Gasteiger partial charge in [0.15, 0.2) is 0 Å². The van der Waals surface area contributed by atoms with Crippen LogP contribution in [-0.4, -0.2) is 37.3 Å². The molecule has 0 rings (SSSR count). The van der Waals surface area contributed by atoms with Crippen molar-refractivity contribution in [2.75, 3.05) is 13.7 Å². The predicted molar refractivity (Wildman–Crippen MR) is 43.8 cm³/mol. The average molecular weight is 174 g/mol. The lowest BCUT2D eigenvalue weighted by Gasteiger charge is -2.08. The Morgan fingerprint density at radius 1 is 1.75 bits per heavy atom. The number of carbonyl (C=O) groups is 1. The van der Waals surface area contributed by atoms with Gasteiger partial charge < -0.3 is 15.0 Å². The summed E-state index contributed by atoms with van der Waals surface area (Å²) >= 11 is 0. The van der Waals surface area contributed by atoms with Crippen molar-refractivity contribution in [3.05, 3.63) is 5.53 Å². The van der Waals surface area contributed by atoms with E-state index in [1.165, 1.54) is 6.92 Å². The van der Waals surface area contributed by atoms with Gasteiger partial charge in [-0.3, -0.25) is 4.79 Å². The van der Waals surface area contributed by atoms with Crippen LogP contribution < -0.4 is 0 Å². The zero-order valence-electron chi connectivity index (χ0n) is 7.61. The number of hydrogen-bond donors (Lipinski definition) is 0. The topological polar surface area (TPSA) is 71.9 Å². The summed E-state index contributed by atoms with van der Waals surface area (Å²) in [6.07, 6.45) is -0.132. The molecule has 0 saturated carbocycles. The number of methoxy groups -OCH3 is 1. The Labute approximate surface area is 71.9 Å². The van der Waals surface area contributed by atoms with Crippen LogP contribution in [0.15, 0.2) is 0 Å². The lowest BCUT2D eigenvalue weighted by atomic mass is 10.4. The molecule has 0 fully saturated rings. The van der Waals surface area contributed by atoms with E-state index < -0.39 is 0 Å². The Balaban J connectivity index is 0. The van der Waals surface area contributed by atoms with E-state index in [-0.39, 0.29) is 12.1 Å². The number of carbonyl (C=O) groups excluding carboxylic acids is 1. The maximum Gasteiger partial charge on any atom is 0.302 e. The second-order valence-electron chi connectivity index (χ2n) is 2.02. The quantitative estimate of drug-likeness (QED) is 0.271. The largest absolute Gasteiger partial charge is 0.460 e. The van der Waals surface area contributed by atoms with Gasteiger partial charge >= 0.3 is 5.97 Å². The minimum Gasteiger partial charge on any atom is -0.460 e. The van der Waals surface area contributed by atoms with Crippen LogP contribution in [0.1, 0.15) is 13.8 Å². The SMILES string of the molecule is C=[N+]=[N-].COCC(C)OC(C)=O. The molecule has 0 aromatic carbocycles. The molecule has 0 bridgehead atoms. The summed E-state index contributed by atoms with van der Waals surface area (Å²) in [7, 11) is 1.57. The molecule has 5 nitrogen and oxygen atoms in total. The summed E-state index contributed by atoms with van der Waals surface area (Å²) in [5.74, 6) is -0.264. The van der Waals surface area contributed by atoms with Crippen LogP contribution in [-0.2, 0) is 14.3 Å². The molecule has 0 aromatic heterocycles. The maximum absolute atomic E-state index is 10.3. The van der Waals surface area contributed by atoms with Crippen molar-refractivity contribution in [2.24, 2.45) is 0 Å². The van der Waals surface area contributed by atoms with Gasteiger partial charge in [-0.1, -0.05) is 0 Å². The van der Waals surface area contributed by atoms with Gasteiger partial charge in [0.25, 0.3) is 0 Å². The second kappa shape index (κ2) is 9.81. The first-order chi connectivity index (χ1) is 5.58. The second-order valence-corrected chi connectivity index (χ2v) is 2.02. The third kappa shape index (κ3) is 15.9. The highest BCUT2D eigenvalue weighted by Gasteiger charge is 2.02. The molecule has 0 saturated heterocycles. The fraction of sp³-hybridized carbons (Fsp3) is 0.714. The van der Waals surface area contributed by atoms with Crippen LogP contribution in [0.2, 0.25) is 0 Å². The third-order valence-electron chi connectivity index (χ3n) is 0.769. The first-order valence-electron chi connectivity index (χ1n) is 3.34. The van der Waals surface area contributed by atoms with Gasteiger partial charge in [0.1, 0.15) is 6.10 Å². The summed E-state index contributed by atoms with van der Waals surface area (Å²) in [6, 6.07) is 0. The first kappa shape index (κ1) is 13.4. The van der Waals surface area contributed by atoms with Crippen molar-refractivity contribution in [1.82, 2.24) is 0 Å². The Morgan fingerprint density at radius 3 is 2.42 bits per heavy atom. The van der Waals surface area contributed by atoms with E-state index in [9.17, 15) is 4.79 Å². The Hall–Kier alpha value is -1.19. The molecule has 0 spiro atoms. The summed E-state index contributed by atoms with van der Waals surface area (Å²) < 4.78 is 9.45. The molecule has 0 aliphatic carbocycles. The highest BCUT2D eigenvalue weighted by atomic mass is 16.6. The van der Waals surface area contributed by atoms with Crippen molar-refractivity contribution >= 4 is 12.7 Å². The van der Waals surface area contributed by atoms with Gasteiger partial charge in [-0.05, 0) is 6.92 Å². The van der Waals surface area contributed by atoms with E-state index in [2.05, 4.69) is 11.5 Å². The molecular weight excluding hydrogens is 160 g/mol. The van der Waals surface area contributed by atoms with Crippen LogP contribution in [0, 0.1) is 0 Å². The van der Waals surface area contributed by atoms with E-state index in [0.29, 0.717) is 6.61 Å². The zero-order chi connectivity index (χ0) is 9.98. The standard InChI is InChI=1S/C6H12O3.CH2N2/c1-5(4-8-3)9-6(2)7;1-3-2/h5H,4H2,1-3H3;1H2. The van der Waals surface area contributed by atoms with Crippen LogP contribution in [0.4, 0.5) is 0 Å². The van der Waals surface area contributed by atoms with Crippen LogP contribution in [0.25, 0.3) is 5.53 Å². The molecular formula is C7H14N2O3. The van der Waals surface area contributed by atoms with Crippen LogP contribution in [0.3, 0.4) is 0 Å². The smallest absolute Gasteiger partial charge is 0.302 e. The highest BCUT2D eigenvalue weighted by molar-refractivity contribution is 5.66. The van der Waals surface area contributed by atoms with E-state index in [4.69, 9.17) is 15.0 Å². The number of ether oxygens (including phenoxy) is 2. The van der Waals surface area contributed by atoms with Crippen molar-refractivity contribution in [2.45, 2.75) is 20.0 Å². The third-order valence-corrected chi connectivity index (χ3v) is 0.769. The lowest BCUT2D eigenvalue weighted by molar-refractivity contribution is -0.147. The molecule has 0 aliphatic rings. The van der Waals surface area contributed by atoms with Gasteiger partial charge in [-0.15, -0.1) is 0 Å². The normalized spacial score (nSPS) is 10.2. The number of rotatable bonds is 3. The first-order valence-corrected chi connectivity index (χ1v) is 3.34. The van der Waals surface area contributed by atoms with E-state index in [0.717, 1.165) is 0 Å². The fourth-order valence-corrected chi connectivity index (χ4v) is 0.552. The molecule has 0 N–H and O–H groups in total. The summed E-state index contributed by atoms with van der Waals surface area (Å²) in [6.45, 7) is 6.29. The van der Waals surface area contributed by atoms with Crippen molar-refractivity contribution in [1.29, 1.82) is 0 Å². The number of hydrogen-bond acceptors (Lipinski definition) is 3. The van der Waals surface area contributed by atoms with Gasteiger partial charge in [0.05, 0.1) is 6.61 Å². The van der Waals surface area contributed by atoms with Crippen molar-refractivity contribution < 1.29 is 19.1 Å². The Kier molecular flexibility index (Phi) is 11.0. The molecule has 0 aliphatic heterocycles. The minimum atomic E-state index is -0.264. The average Bonchev–Trinajstić information content (AvgIpc) is 1.87. The molecule has 12 heavy (non-hydrogen) atoms. The Bertz CT molecular complexity index is 153. The van der Waals surface area contributed by atoms with Crippen LogP contribution in [0.5, 0.6) is 0 Å². The molecule has 0 aromatic rings. The van der Waals surface area contributed by atoms with Gasteiger partial charge in [-0.25, -0.2) is 0 Å². The Morgan fingerprint density at radius 2 is 2.17 bits per heavy atom. The van der Waals surface area contributed by atoms with Gasteiger partial charge in [0, 0.05) is 14.0 Å². The monoisotopic (exact) mass is 174 g/mol. The van der Waals surface area contributed by atoms with Gasteiger partial charge in [0.2, 0.25) is 6.72 Å². The van der Waals surface area contributed by atoms with E-state index in [1.807, 2.05) is 0 Å².